The fraction of sp³-hybridized carbons (Fsp3) is 0.250. The molecule has 0 aliphatic rings. The van der Waals surface area contributed by atoms with Crippen LogP contribution in [0.15, 0.2) is 42.6 Å². The van der Waals surface area contributed by atoms with E-state index in [1.54, 1.807) is 18.3 Å². The van der Waals surface area contributed by atoms with Crippen LogP contribution in [-0.2, 0) is 16.1 Å². The minimum Gasteiger partial charge on any atom is -0.439 e. The van der Waals surface area contributed by atoms with Crippen molar-refractivity contribution in [2.75, 3.05) is 13.7 Å². The summed E-state index contributed by atoms with van der Waals surface area (Å²) >= 11 is 0. The van der Waals surface area contributed by atoms with Crippen molar-refractivity contribution in [2.24, 2.45) is 5.73 Å². The predicted molar refractivity (Wildman–Crippen MR) is 96.9 cm³/mol. The van der Waals surface area contributed by atoms with Gasteiger partial charge in [-0.3, -0.25) is 4.79 Å². The molecule has 1 amide bonds. The summed E-state index contributed by atoms with van der Waals surface area (Å²) in [6.45, 7) is 0.467. The van der Waals surface area contributed by atoms with Gasteiger partial charge in [-0.05, 0) is 29.8 Å². The van der Waals surface area contributed by atoms with E-state index in [4.69, 9.17) is 15.2 Å². The summed E-state index contributed by atoms with van der Waals surface area (Å²) in [6, 6.07) is 8.39. The number of aromatic nitrogens is 1. The lowest BCUT2D eigenvalue weighted by Gasteiger charge is -2.11. The van der Waals surface area contributed by atoms with Crippen LogP contribution in [-0.4, -0.2) is 30.6 Å². The third kappa shape index (κ3) is 7.66. The fourth-order valence-corrected chi connectivity index (χ4v) is 1.77. The minimum atomic E-state index is -0.700. The van der Waals surface area contributed by atoms with Crippen molar-refractivity contribution in [3.05, 3.63) is 54.0 Å². The molecule has 9 heteroatoms. The molecule has 1 heterocycles. The monoisotopic (exact) mass is 391 g/mol. The first-order valence-corrected chi connectivity index (χ1v) is 6.99. The van der Waals surface area contributed by atoms with Crippen molar-refractivity contribution in [3.63, 3.8) is 0 Å². The Morgan fingerprint density at radius 2 is 1.92 bits per heavy atom. The SMILES string of the molecule is COCC(N)C(=O)NCc1ccc(Oc2ccc(F)cc2)nc1.Cl.Cl. The molecule has 0 aliphatic heterocycles. The maximum atomic E-state index is 12.8. The molecule has 0 saturated carbocycles. The van der Waals surface area contributed by atoms with Crippen LogP contribution in [0.1, 0.15) is 5.56 Å². The average molecular weight is 392 g/mol. The molecule has 6 nitrogen and oxygen atoms in total. The van der Waals surface area contributed by atoms with Gasteiger partial charge in [0.25, 0.3) is 0 Å². The van der Waals surface area contributed by atoms with E-state index in [-0.39, 0.29) is 43.1 Å². The van der Waals surface area contributed by atoms with Gasteiger partial charge in [0, 0.05) is 25.9 Å². The van der Waals surface area contributed by atoms with Gasteiger partial charge in [-0.2, -0.15) is 0 Å². The highest BCUT2D eigenvalue weighted by Crippen LogP contribution is 2.19. The van der Waals surface area contributed by atoms with Gasteiger partial charge in [0.2, 0.25) is 11.8 Å². The lowest BCUT2D eigenvalue weighted by Crippen LogP contribution is -2.43. The van der Waals surface area contributed by atoms with E-state index in [0.29, 0.717) is 18.2 Å². The standard InChI is InChI=1S/C16H18FN3O3.2ClH/c1-22-10-14(18)16(21)20-9-11-2-7-15(19-8-11)23-13-5-3-12(17)4-6-13;;/h2-8,14H,9-10,18H2,1H3,(H,20,21);2*1H. The molecule has 1 unspecified atom stereocenters. The number of benzene rings is 1. The number of ether oxygens (including phenoxy) is 2. The summed E-state index contributed by atoms with van der Waals surface area (Å²) in [4.78, 5) is 15.8. The molecule has 0 aliphatic carbocycles. The minimum absolute atomic E-state index is 0. The maximum Gasteiger partial charge on any atom is 0.239 e. The summed E-state index contributed by atoms with van der Waals surface area (Å²) in [7, 11) is 1.48. The van der Waals surface area contributed by atoms with E-state index in [0.717, 1.165) is 5.56 Å². The zero-order valence-electron chi connectivity index (χ0n) is 13.5. The van der Waals surface area contributed by atoms with Crippen molar-refractivity contribution >= 4 is 30.7 Å². The van der Waals surface area contributed by atoms with Crippen LogP contribution in [0.2, 0.25) is 0 Å². The Balaban J connectivity index is 0.00000288. The number of carbonyl (C=O) groups is 1. The molecule has 0 bridgehead atoms. The molecular weight excluding hydrogens is 372 g/mol. The molecule has 138 valence electrons. The third-order valence-corrected chi connectivity index (χ3v) is 2.98. The number of hydrogen-bond acceptors (Lipinski definition) is 5. The topological polar surface area (TPSA) is 86.5 Å². The number of halogens is 3. The molecule has 1 atom stereocenters. The van der Waals surface area contributed by atoms with Gasteiger partial charge in [0.15, 0.2) is 0 Å². The molecule has 0 radical (unpaired) electrons. The van der Waals surface area contributed by atoms with E-state index >= 15 is 0 Å². The Labute approximate surface area is 157 Å². The second-order valence-electron chi connectivity index (χ2n) is 4.84. The van der Waals surface area contributed by atoms with Crippen molar-refractivity contribution in [1.82, 2.24) is 10.3 Å². The molecule has 1 aromatic carbocycles. The molecule has 2 aromatic rings. The number of hydrogen-bond donors (Lipinski definition) is 2. The first-order valence-electron chi connectivity index (χ1n) is 6.99. The summed E-state index contributed by atoms with van der Waals surface area (Å²) in [5.74, 6) is 0.245. The second-order valence-corrected chi connectivity index (χ2v) is 4.84. The van der Waals surface area contributed by atoms with Crippen LogP contribution in [0.4, 0.5) is 4.39 Å². The molecule has 0 saturated heterocycles. The highest BCUT2D eigenvalue weighted by Gasteiger charge is 2.12. The summed E-state index contributed by atoms with van der Waals surface area (Å²) < 4.78 is 23.1. The van der Waals surface area contributed by atoms with Gasteiger partial charge in [0.1, 0.15) is 17.6 Å². The number of rotatable bonds is 7. The number of methoxy groups -OCH3 is 1. The second kappa shape index (κ2) is 11.6. The molecule has 2 rings (SSSR count). The Bertz CT molecular complexity index is 642. The van der Waals surface area contributed by atoms with Gasteiger partial charge in [-0.25, -0.2) is 9.37 Å². The van der Waals surface area contributed by atoms with E-state index in [9.17, 15) is 9.18 Å². The van der Waals surface area contributed by atoms with Crippen LogP contribution in [0.25, 0.3) is 0 Å². The Morgan fingerprint density at radius 3 is 2.48 bits per heavy atom. The Morgan fingerprint density at radius 1 is 1.24 bits per heavy atom. The van der Waals surface area contributed by atoms with Crippen LogP contribution in [0.3, 0.4) is 0 Å². The zero-order valence-corrected chi connectivity index (χ0v) is 15.1. The van der Waals surface area contributed by atoms with E-state index in [2.05, 4.69) is 10.3 Å². The largest absolute Gasteiger partial charge is 0.439 e. The smallest absolute Gasteiger partial charge is 0.239 e. The van der Waals surface area contributed by atoms with Gasteiger partial charge >= 0.3 is 0 Å². The van der Waals surface area contributed by atoms with Crippen LogP contribution < -0.4 is 15.8 Å². The third-order valence-electron chi connectivity index (χ3n) is 2.98. The Hall–Kier alpha value is -1.93. The first-order chi connectivity index (χ1) is 11.1. The van der Waals surface area contributed by atoms with Crippen molar-refractivity contribution in [2.45, 2.75) is 12.6 Å². The molecule has 0 spiro atoms. The van der Waals surface area contributed by atoms with Gasteiger partial charge in [-0.15, -0.1) is 24.8 Å². The van der Waals surface area contributed by atoms with Crippen molar-refractivity contribution in [3.8, 4) is 11.6 Å². The lowest BCUT2D eigenvalue weighted by atomic mass is 10.2. The average Bonchev–Trinajstić information content (AvgIpc) is 2.56. The highest BCUT2D eigenvalue weighted by molar-refractivity contribution is 5.85. The molecule has 1 aromatic heterocycles. The molecule has 25 heavy (non-hydrogen) atoms. The number of nitrogens with two attached hydrogens (primary N) is 1. The normalized spacial score (nSPS) is 10.8. The number of nitrogens with zero attached hydrogens (tertiary/aromatic N) is 1. The van der Waals surface area contributed by atoms with Gasteiger partial charge < -0.3 is 20.5 Å². The summed E-state index contributed by atoms with van der Waals surface area (Å²) in [5, 5.41) is 2.69. The Kier molecular flexibility index (Phi) is 10.7. The lowest BCUT2D eigenvalue weighted by molar-refractivity contribution is -0.123. The number of carbonyl (C=O) groups excluding carboxylic acids is 1. The number of amides is 1. The molecule has 0 fully saturated rings. The van der Waals surface area contributed by atoms with Crippen LogP contribution in [0.5, 0.6) is 11.6 Å². The first kappa shape index (κ1) is 23.1. The van der Waals surface area contributed by atoms with Gasteiger partial charge in [0.05, 0.1) is 6.61 Å². The highest BCUT2D eigenvalue weighted by atomic mass is 35.5. The van der Waals surface area contributed by atoms with Crippen LogP contribution in [0, 0.1) is 5.82 Å². The van der Waals surface area contributed by atoms with Crippen molar-refractivity contribution in [1.29, 1.82) is 0 Å². The van der Waals surface area contributed by atoms with Crippen LogP contribution >= 0.6 is 24.8 Å². The van der Waals surface area contributed by atoms with Gasteiger partial charge in [-0.1, -0.05) is 6.07 Å². The quantitative estimate of drug-likeness (QED) is 0.756. The summed E-state index contributed by atoms with van der Waals surface area (Å²) in [5.41, 5.74) is 6.41. The zero-order chi connectivity index (χ0) is 16.7. The summed E-state index contributed by atoms with van der Waals surface area (Å²) in [6.07, 6.45) is 1.58. The van der Waals surface area contributed by atoms with Crippen molar-refractivity contribution < 1.29 is 18.7 Å². The van der Waals surface area contributed by atoms with E-state index in [1.165, 1.54) is 31.4 Å². The molecule has 3 N–H and O–H groups in total. The number of pyridine rings is 1. The number of nitrogens with one attached hydrogen (secondary N) is 1. The molecular formula is C16H20Cl2FN3O3. The fourth-order valence-electron chi connectivity index (χ4n) is 1.77. The predicted octanol–water partition coefficient (Wildman–Crippen LogP) is 2.45. The van der Waals surface area contributed by atoms with E-state index in [1.807, 2.05) is 0 Å². The van der Waals surface area contributed by atoms with E-state index < -0.39 is 6.04 Å². The maximum absolute atomic E-state index is 12.8.